The van der Waals surface area contributed by atoms with E-state index < -0.39 is 0 Å². The van der Waals surface area contributed by atoms with Gasteiger partial charge >= 0.3 is 0 Å². The third-order valence-corrected chi connectivity index (χ3v) is 10.9. The molecule has 10 aromatic carbocycles. The van der Waals surface area contributed by atoms with Gasteiger partial charge in [-0.05, 0) is 111 Å². The third-order valence-electron chi connectivity index (χ3n) is 10.9. The predicted octanol–water partition coefficient (Wildman–Crippen LogP) is 15.1. The van der Waals surface area contributed by atoms with Crippen LogP contribution < -0.4 is 0 Å². The minimum absolute atomic E-state index is 1.19. The summed E-state index contributed by atoms with van der Waals surface area (Å²) in [7, 11) is 0. The number of hydrogen-bond acceptors (Lipinski definition) is 0. The first kappa shape index (κ1) is 31.7. The van der Waals surface area contributed by atoms with E-state index in [1.54, 1.807) is 0 Å². The van der Waals surface area contributed by atoms with Gasteiger partial charge in [0.2, 0.25) is 0 Å². The molecular weight excluding hydrogens is 649 g/mol. The number of rotatable bonds is 6. The zero-order chi connectivity index (χ0) is 35.8. The van der Waals surface area contributed by atoms with E-state index in [1.807, 2.05) is 0 Å². The summed E-state index contributed by atoms with van der Waals surface area (Å²) in [5, 5.41) is 7.54. The Bertz CT molecular complexity index is 2880. The number of benzene rings is 10. The standard InChI is InChI=1S/C54H36/c1-3-13-37(14-4-1)39-23-25-40(26-24-39)41-27-30-42(31-28-41)52-36-46(33-34-47(52)45-32-29-38-15-7-8-18-44(38)35-45)54-50-21-11-9-19-48(50)53(43-16-5-2-6-17-43)49-20-10-12-22-51(49)54/h1-36H. The quantitative estimate of drug-likeness (QED) is 0.153. The molecule has 0 aliphatic rings. The van der Waals surface area contributed by atoms with E-state index >= 15 is 0 Å². The first-order chi connectivity index (χ1) is 26.8. The predicted molar refractivity (Wildman–Crippen MR) is 232 cm³/mol. The Morgan fingerprint density at radius 3 is 1.13 bits per heavy atom. The van der Waals surface area contributed by atoms with Crippen LogP contribution >= 0.6 is 0 Å². The molecule has 0 aliphatic heterocycles. The lowest BCUT2D eigenvalue weighted by Gasteiger charge is -2.19. The summed E-state index contributed by atoms with van der Waals surface area (Å²) in [6.45, 7) is 0. The average Bonchev–Trinajstić information content (AvgIpc) is 3.26. The van der Waals surface area contributed by atoms with Crippen molar-refractivity contribution < 1.29 is 0 Å². The molecule has 0 saturated heterocycles. The monoisotopic (exact) mass is 684 g/mol. The lowest BCUT2D eigenvalue weighted by atomic mass is 9.84. The van der Waals surface area contributed by atoms with Crippen molar-refractivity contribution >= 4 is 32.3 Å². The lowest BCUT2D eigenvalue weighted by molar-refractivity contribution is 1.56. The van der Waals surface area contributed by atoms with E-state index in [0.29, 0.717) is 0 Å². The van der Waals surface area contributed by atoms with Crippen molar-refractivity contribution in [3.63, 3.8) is 0 Å². The lowest BCUT2D eigenvalue weighted by Crippen LogP contribution is -1.92. The zero-order valence-electron chi connectivity index (χ0n) is 29.8. The Morgan fingerprint density at radius 1 is 0.185 bits per heavy atom. The molecule has 0 N–H and O–H groups in total. The van der Waals surface area contributed by atoms with E-state index in [-0.39, 0.29) is 0 Å². The number of hydrogen-bond donors (Lipinski definition) is 0. The van der Waals surface area contributed by atoms with Gasteiger partial charge in [0.1, 0.15) is 0 Å². The highest BCUT2D eigenvalue weighted by Crippen LogP contribution is 2.45. The van der Waals surface area contributed by atoms with Crippen molar-refractivity contribution in [1.29, 1.82) is 0 Å². The van der Waals surface area contributed by atoms with E-state index in [0.717, 1.165) is 0 Å². The van der Waals surface area contributed by atoms with Crippen molar-refractivity contribution in [2.24, 2.45) is 0 Å². The molecular formula is C54H36. The van der Waals surface area contributed by atoms with Crippen molar-refractivity contribution in [3.8, 4) is 66.8 Å². The SMILES string of the molecule is c1ccc(-c2ccc(-c3ccc(-c4cc(-c5c6ccccc6c(-c6ccccc6)c6ccccc56)ccc4-c4ccc5ccccc5c4)cc3)cc2)cc1. The fourth-order valence-electron chi connectivity index (χ4n) is 8.23. The van der Waals surface area contributed by atoms with Crippen molar-refractivity contribution in [2.75, 3.05) is 0 Å². The highest BCUT2D eigenvalue weighted by atomic mass is 14.2. The minimum Gasteiger partial charge on any atom is -0.0622 e. The fraction of sp³-hybridized carbons (Fsp3) is 0. The van der Waals surface area contributed by atoms with Crippen molar-refractivity contribution in [2.45, 2.75) is 0 Å². The van der Waals surface area contributed by atoms with Gasteiger partial charge in [-0.1, -0.05) is 206 Å². The van der Waals surface area contributed by atoms with Crippen LogP contribution in [0.5, 0.6) is 0 Å². The molecule has 0 heteroatoms. The van der Waals surface area contributed by atoms with E-state index in [2.05, 4.69) is 218 Å². The summed E-state index contributed by atoms with van der Waals surface area (Å²) in [5.41, 5.74) is 14.7. The summed E-state index contributed by atoms with van der Waals surface area (Å²) in [4.78, 5) is 0. The first-order valence-electron chi connectivity index (χ1n) is 18.7. The Balaban J connectivity index is 1.15. The topological polar surface area (TPSA) is 0 Å². The third kappa shape index (κ3) is 5.66. The minimum atomic E-state index is 1.19. The molecule has 0 amide bonds. The molecule has 0 nitrogen and oxygen atoms in total. The summed E-state index contributed by atoms with van der Waals surface area (Å²) < 4.78 is 0. The van der Waals surface area contributed by atoms with Crippen LogP contribution in [-0.2, 0) is 0 Å². The first-order valence-corrected chi connectivity index (χ1v) is 18.7. The summed E-state index contributed by atoms with van der Waals surface area (Å²) in [5.74, 6) is 0. The fourth-order valence-corrected chi connectivity index (χ4v) is 8.23. The highest BCUT2D eigenvalue weighted by molar-refractivity contribution is 6.21. The van der Waals surface area contributed by atoms with Gasteiger partial charge in [-0.15, -0.1) is 0 Å². The van der Waals surface area contributed by atoms with Crippen LogP contribution in [0.1, 0.15) is 0 Å². The molecule has 0 heterocycles. The van der Waals surface area contributed by atoms with Crippen LogP contribution in [0.2, 0.25) is 0 Å². The molecule has 0 aliphatic carbocycles. The highest BCUT2D eigenvalue weighted by Gasteiger charge is 2.18. The van der Waals surface area contributed by atoms with Crippen molar-refractivity contribution in [1.82, 2.24) is 0 Å². The molecule has 0 aromatic heterocycles. The molecule has 0 atom stereocenters. The molecule has 252 valence electrons. The van der Waals surface area contributed by atoms with Gasteiger partial charge in [-0.25, -0.2) is 0 Å². The molecule has 0 spiro atoms. The zero-order valence-corrected chi connectivity index (χ0v) is 29.8. The van der Waals surface area contributed by atoms with Crippen molar-refractivity contribution in [3.05, 3.63) is 218 Å². The van der Waals surface area contributed by atoms with E-state index in [9.17, 15) is 0 Å². The summed E-state index contributed by atoms with van der Waals surface area (Å²) in [6, 6.07) is 79.8. The summed E-state index contributed by atoms with van der Waals surface area (Å²) >= 11 is 0. The molecule has 0 fully saturated rings. The van der Waals surface area contributed by atoms with Gasteiger partial charge in [0.05, 0.1) is 0 Å². The van der Waals surface area contributed by atoms with Gasteiger partial charge in [0.25, 0.3) is 0 Å². The van der Waals surface area contributed by atoms with Crippen LogP contribution in [0, 0.1) is 0 Å². The van der Waals surface area contributed by atoms with Crippen LogP contribution in [0.3, 0.4) is 0 Å². The molecule has 10 rings (SSSR count). The maximum absolute atomic E-state index is 2.42. The normalized spacial score (nSPS) is 11.3. The van der Waals surface area contributed by atoms with Gasteiger partial charge < -0.3 is 0 Å². The van der Waals surface area contributed by atoms with E-state index in [1.165, 1.54) is 99.1 Å². The van der Waals surface area contributed by atoms with Gasteiger partial charge in [-0.2, -0.15) is 0 Å². The van der Waals surface area contributed by atoms with Crippen LogP contribution in [0.4, 0.5) is 0 Å². The smallest absolute Gasteiger partial charge is 0.00261 e. The number of fused-ring (bicyclic) bond motifs is 3. The largest absolute Gasteiger partial charge is 0.0622 e. The van der Waals surface area contributed by atoms with Gasteiger partial charge in [0.15, 0.2) is 0 Å². The van der Waals surface area contributed by atoms with Gasteiger partial charge in [-0.3, -0.25) is 0 Å². The Labute approximate surface area is 316 Å². The second kappa shape index (κ2) is 13.5. The molecule has 10 aromatic rings. The molecule has 0 saturated carbocycles. The van der Waals surface area contributed by atoms with E-state index in [4.69, 9.17) is 0 Å². The Kier molecular flexibility index (Phi) is 7.93. The molecule has 0 unspecified atom stereocenters. The maximum atomic E-state index is 2.42. The van der Waals surface area contributed by atoms with Crippen LogP contribution in [-0.4, -0.2) is 0 Å². The average molecular weight is 685 g/mol. The van der Waals surface area contributed by atoms with Crippen LogP contribution in [0.15, 0.2) is 218 Å². The Morgan fingerprint density at radius 2 is 0.574 bits per heavy atom. The molecule has 0 bridgehead atoms. The molecule has 0 radical (unpaired) electrons. The summed E-state index contributed by atoms with van der Waals surface area (Å²) in [6.07, 6.45) is 0. The second-order valence-corrected chi connectivity index (χ2v) is 14.1. The molecule has 54 heavy (non-hydrogen) atoms. The maximum Gasteiger partial charge on any atom is -0.00261 e. The van der Waals surface area contributed by atoms with Crippen LogP contribution in [0.25, 0.3) is 99.1 Å². The Hall–Kier alpha value is -7.02. The van der Waals surface area contributed by atoms with Gasteiger partial charge in [0, 0.05) is 0 Å². The second-order valence-electron chi connectivity index (χ2n) is 14.1.